The molecule has 0 unspecified atom stereocenters. The number of imidazole rings is 1. The van der Waals surface area contributed by atoms with Crippen molar-refractivity contribution in [1.29, 1.82) is 0 Å². The van der Waals surface area contributed by atoms with Crippen LogP contribution in [-0.2, 0) is 6.42 Å². The number of aromatic amines is 1. The molecule has 3 nitrogen and oxygen atoms in total. The van der Waals surface area contributed by atoms with Crippen molar-refractivity contribution >= 4 is 24.8 Å². The Hall–Kier alpha value is -1.03. The van der Waals surface area contributed by atoms with E-state index < -0.39 is 0 Å². The van der Waals surface area contributed by atoms with Crippen LogP contribution in [0, 0.1) is 0 Å². The van der Waals surface area contributed by atoms with Gasteiger partial charge >= 0.3 is 0 Å². The van der Waals surface area contributed by atoms with Gasteiger partial charge in [-0.05, 0) is 12.1 Å². The Bertz CT molecular complexity index is 401. The first-order valence-electron chi connectivity index (χ1n) is 4.69. The molecule has 0 saturated heterocycles. The van der Waals surface area contributed by atoms with Gasteiger partial charge in [-0.15, -0.1) is 24.8 Å². The maximum Gasteiger partial charge on any atom is 0.107 e. The quantitative estimate of drug-likeness (QED) is 0.890. The Kier molecular flexibility index (Phi) is 6.81. The topological polar surface area (TPSA) is 54.7 Å². The van der Waals surface area contributed by atoms with E-state index >= 15 is 0 Å². The van der Waals surface area contributed by atoms with Gasteiger partial charge in [0.2, 0.25) is 0 Å². The van der Waals surface area contributed by atoms with Gasteiger partial charge in [-0.3, -0.25) is 0 Å². The second-order valence-corrected chi connectivity index (χ2v) is 3.15. The maximum atomic E-state index is 5.45. The Labute approximate surface area is 107 Å². The highest BCUT2D eigenvalue weighted by molar-refractivity contribution is 5.85. The van der Waals surface area contributed by atoms with Gasteiger partial charge in [0.1, 0.15) is 5.82 Å². The first kappa shape index (κ1) is 15.0. The second kappa shape index (κ2) is 7.28. The number of hydrogen-bond donors (Lipinski definition) is 2. The summed E-state index contributed by atoms with van der Waals surface area (Å²) in [6, 6.07) is 10.1. The van der Waals surface area contributed by atoms with Crippen molar-refractivity contribution in [2.24, 2.45) is 5.73 Å². The molecule has 2 aromatic rings. The number of benzene rings is 1. The molecule has 0 amide bonds. The molecule has 0 fully saturated rings. The number of nitrogens with one attached hydrogen (secondary N) is 1. The van der Waals surface area contributed by atoms with Crippen molar-refractivity contribution in [3.63, 3.8) is 0 Å². The summed E-state index contributed by atoms with van der Waals surface area (Å²) in [5, 5.41) is 0. The summed E-state index contributed by atoms with van der Waals surface area (Å²) in [6.07, 6.45) is 2.65. The third-order valence-corrected chi connectivity index (χ3v) is 2.09. The molecule has 3 N–H and O–H groups in total. The van der Waals surface area contributed by atoms with Crippen molar-refractivity contribution in [1.82, 2.24) is 9.97 Å². The molecule has 0 aliphatic rings. The van der Waals surface area contributed by atoms with Crippen LogP contribution in [0.5, 0.6) is 0 Å². The molecule has 0 radical (unpaired) electrons. The van der Waals surface area contributed by atoms with Crippen LogP contribution in [0.4, 0.5) is 0 Å². The number of rotatable bonds is 3. The molecular formula is C11H15Cl2N3. The zero-order chi connectivity index (χ0) is 9.80. The standard InChI is InChI=1S/C11H13N3.2ClH/c12-7-6-11-13-8-10(14-11)9-4-2-1-3-5-9;;/h1-5,8H,6-7,12H2,(H,13,14);2*1H. The number of nitrogens with two attached hydrogens (primary N) is 1. The molecule has 0 spiro atoms. The zero-order valence-electron chi connectivity index (χ0n) is 8.72. The van der Waals surface area contributed by atoms with Crippen LogP contribution in [0.25, 0.3) is 11.3 Å². The smallest absolute Gasteiger partial charge is 0.107 e. The van der Waals surface area contributed by atoms with E-state index in [1.807, 2.05) is 24.4 Å². The van der Waals surface area contributed by atoms with Gasteiger partial charge in [-0.2, -0.15) is 0 Å². The first-order valence-corrected chi connectivity index (χ1v) is 4.69. The van der Waals surface area contributed by atoms with Crippen molar-refractivity contribution in [3.8, 4) is 11.3 Å². The highest BCUT2D eigenvalue weighted by Crippen LogP contribution is 2.15. The lowest BCUT2D eigenvalue weighted by molar-refractivity contribution is 0.895. The fourth-order valence-electron chi connectivity index (χ4n) is 1.39. The molecule has 1 aromatic carbocycles. The van der Waals surface area contributed by atoms with Gasteiger partial charge in [-0.25, -0.2) is 4.98 Å². The molecule has 88 valence electrons. The Morgan fingerprint density at radius 2 is 1.81 bits per heavy atom. The summed E-state index contributed by atoms with van der Waals surface area (Å²) >= 11 is 0. The lowest BCUT2D eigenvalue weighted by Gasteiger charge is -1.95. The third kappa shape index (κ3) is 3.52. The van der Waals surface area contributed by atoms with Crippen LogP contribution in [0.3, 0.4) is 0 Å². The van der Waals surface area contributed by atoms with E-state index in [4.69, 9.17) is 5.73 Å². The van der Waals surface area contributed by atoms with E-state index in [2.05, 4.69) is 22.1 Å². The summed E-state index contributed by atoms with van der Waals surface area (Å²) in [7, 11) is 0. The Balaban J connectivity index is 0.00000112. The SMILES string of the molecule is Cl.Cl.NCCc1ncc(-c2ccccc2)[nH]1. The largest absolute Gasteiger partial charge is 0.342 e. The Morgan fingerprint density at radius 3 is 2.44 bits per heavy atom. The molecule has 2 rings (SSSR count). The molecule has 0 saturated carbocycles. The molecule has 0 atom stereocenters. The van der Waals surface area contributed by atoms with E-state index in [-0.39, 0.29) is 24.8 Å². The van der Waals surface area contributed by atoms with E-state index in [1.54, 1.807) is 0 Å². The minimum Gasteiger partial charge on any atom is -0.342 e. The van der Waals surface area contributed by atoms with Gasteiger partial charge in [0.25, 0.3) is 0 Å². The number of nitrogens with zero attached hydrogens (tertiary/aromatic N) is 1. The minimum atomic E-state index is 0. The van der Waals surface area contributed by atoms with Crippen molar-refractivity contribution in [3.05, 3.63) is 42.4 Å². The van der Waals surface area contributed by atoms with E-state index in [0.717, 1.165) is 23.5 Å². The van der Waals surface area contributed by atoms with E-state index in [1.165, 1.54) is 0 Å². The lowest BCUT2D eigenvalue weighted by atomic mass is 10.2. The predicted molar refractivity (Wildman–Crippen MR) is 71.3 cm³/mol. The number of H-pyrrole nitrogens is 1. The Morgan fingerprint density at radius 1 is 1.12 bits per heavy atom. The number of aromatic nitrogens is 2. The number of halogens is 2. The van der Waals surface area contributed by atoms with Crippen LogP contribution < -0.4 is 5.73 Å². The summed E-state index contributed by atoms with van der Waals surface area (Å²) in [6.45, 7) is 0.627. The lowest BCUT2D eigenvalue weighted by Crippen LogP contribution is -2.03. The molecule has 16 heavy (non-hydrogen) atoms. The third-order valence-electron chi connectivity index (χ3n) is 2.09. The van der Waals surface area contributed by atoms with Gasteiger partial charge in [0.05, 0.1) is 11.9 Å². The van der Waals surface area contributed by atoms with Crippen LogP contribution in [0.1, 0.15) is 5.82 Å². The summed E-state index contributed by atoms with van der Waals surface area (Å²) in [5.41, 5.74) is 7.65. The normalized spacial score (nSPS) is 9.06. The van der Waals surface area contributed by atoms with Gasteiger partial charge in [0.15, 0.2) is 0 Å². The van der Waals surface area contributed by atoms with E-state index in [0.29, 0.717) is 6.54 Å². The minimum absolute atomic E-state index is 0. The van der Waals surface area contributed by atoms with Crippen molar-refractivity contribution in [2.75, 3.05) is 6.54 Å². The monoisotopic (exact) mass is 259 g/mol. The van der Waals surface area contributed by atoms with Crippen molar-refractivity contribution in [2.45, 2.75) is 6.42 Å². The van der Waals surface area contributed by atoms with Gasteiger partial charge in [-0.1, -0.05) is 30.3 Å². The van der Waals surface area contributed by atoms with Crippen LogP contribution in [0.2, 0.25) is 0 Å². The maximum absolute atomic E-state index is 5.45. The number of hydrogen-bond acceptors (Lipinski definition) is 2. The zero-order valence-corrected chi connectivity index (χ0v) is 10.4. The molecule has 0 aliphatic heterocycles. The molecule has 1 heterocycles. The summed E-state index contributed by atoms with van der Waals surface area (Å²) in [5.74, 6) is 0.950. The molecule has 0 bridgehead atoms. The van der Waals surface area contributed by atoms with Crippen LogP contribution >= 0.6 is 24.8 Å². The molecular weight excluding hydrogens is 245 g/mol. The first-order chi connectivity index (χ1) is 6.90. The second-order valence-electron chi connectivity index (χ2n) is 3.15. The van der Waals surface area contributed by atoms with Crippen molar-refractivity contribution < 1.29 is 0 Å². The highest BCUT2D eigenvalue weighted by Gasteiger charge is 2.00. The average molecular weight is 260 g/mol. The predicted octanol–water partition coefficient (Wildman–Crippen LogP) is 2.42. The highest BCUT2D eigenvalue weighted by atomic mass is 35.5. The fraction of sp³-hybridized carbons (Fsp3) is 0.182. The van der Waals surface area contributed by atoms with Gasteiger partial charge < -0.3 is 10.7 Å². The fourth-order valence-corrected chi connectivity index (χ4v) is 1.39. The van der Waals surface area contributed by atoms with Crippen LogP contribution in [-0.4, -0.2) is 16.5 Å². The molecule has 0 aliphatic carbocycles. The average Bonchev–Trinajstić information content (AvgIpc) is 2.68. The van der Waals surface area contributed by atoms with Gasteiger partial charge in [0, 0.05) is 6.42 Å². The summed E-state index contributed by atoms with van der Waals surface area (Å²) < 4.78 is 0. The molecule has 1 aromatic heterocycles. The van der Waals surface area contributed by atoms with Crippen LogP contribution in [0.15, 0.2) is 36.5 Å². The molecule has 5 heteroatoms. The van der Waals surface area contributed by atoms with E-state index in [9.17, 15) is 0 Å². The summed E-state index contributed by atoms with van der Waals surface area (Å²) in [4.78, 5) is 7.49.